The number of aliphatic carboxylic acids is 1. The number of hydrogen-bond donors (Lipinski definition) is 2. The first-order valence-electron chi connectivity index (χ1n) is 6.63. The Hall–Kier alpha value is -1.67. The van der Waals surface area contributed by atoms with E-state index in [4.69, 9.17) is 15.6 Å². The van der Waals surface area contributed by atoms with Crippen LogP contribution < -0.4 is 32.1 Å². The van der Waals surface area contributed by atoms with E-state index < -0.39 is 5.97 Å². The fraction of sp³-hybridized carbons (Fsp3) is 0.267. The lowest BCUT2D eigenvalue weighted by molar-refractivity contribution is -0.739. The van der Waals surface area contributed by atoms with Crippen LogP contribution in [-0.4, -0.2) is 23.3 Å². The van der Waals surface area contributed by atoms with Gasteiger partial charge in [-0.05, 0) is 36.8 Å². The van der Waals surface area contributed by atoms with Crippen molar-refractivity contribution in [1.29, 1.82) is 0 Å². The van der Waals surface area contributed by atoms with Crippen molar-refractivity contribution in [3.63, 3.8) is 0 Å². The molecule has 1 aromatic heterocycles. The first-order valence-corrected chi connectivity index (χ1v) is 6.63. The highest BCUT2D eigenvalue weighted by Crippen LogP contribution is 2.19. The summed E-state index contributed by atoms with van der Waals surface area (Å²) in [4.78, 5) is 10.6. The van der Waals surface area contributed by atoms with Crippen molar-refractivity contribution >= 4 is 28.8 Å². The molecule has 0 spiro atoms. The van der Waals surface area contributed by atoms with E-state index >= 15 is 0 Å². The largest absolute Gasteiger partial charge is 1.00 e. The first kappa shape index (κ1) is 21.3. The molecule has 126 valence electrons. The maximum Gasteiger partial charge on any atom is 0.303 e. The molecule has 0 atom stereocenters. The summed E-state index contributed by atoms with van der Waals surface area (Å²) in [7, 11) is 1.62. The molecule has 0 amide bonds. The smallest absolute Gasteiger partial charge is 0.303 e. The van der Waals surface area contributed by atoms with Gasteiger partial charge in [0.25, 0.3) is 5.82 Å². The second-order valence-corrected chi connectivity index (χ2v) is 4.59. The third-order valence-corrected chi connectivity index (χ3v) is 3.08. The molecule has 2 rings (SSSR count). The van der Waals surface area contributed by atoms with E-state index in [0.29, 0.717) is 18.8 Å². The van der Waals surface area contributed by atoms with Gasteiger partial charge in [0, 0.05) is 18.1 Å². The Morgan fingerprint density at radius 2 is 1.91 bits per heavy atom. The molecule has 8 heteroatoms. The number of methoxy groups -OCH3 is 1. The van der Waals surface area contributed by atoms with Crippen molar-refractivity contribution in [2.24, 2.45) is 0 Å². The lowest BCUT2D eigenvalue weighted by atomic mass is 10.1. The number of nitrogens with zero attached hydrogens (tertiary/aromatic N) is 2. The summed E-state index contributed by atoms with van der Waals surface area (Å²) in [5, 5.41) is 13.1. The summed E-state index contributed by atoms with van der Waals surface area (Å²) in [5.74, 6) is 0.474. The van der Waals surface area contributed by atoms with Gasteiger partial charge in [-0.2, -0.15) is 0 Å². The summed E-state index contributed by atoms with van der Waals surface area (Å²) in [6.07, 6.45) is 0.587. The van der Waals surface area contributed by atoms with Gasteiger partial charge in [-0.1, -0.05) is 5.10 Å². The van der Waals surface area contributed by atoms with Gasteiger partial charge in [0.2, 0.25) is 0 Å². The molecule has 0 unspecified atom stereocenters. The van der Waals surface area contributed by atoms with Crippen LogP contribution in [0, 0.1) is 0 Å². The van der Waals surface area contributed by atoms with Gasteiger partial charge in [-0.3, -0.25) is 10.5 Å². The van der Waals surface area contributed by atoms with Crippen molar-refractivity contribution in [1.82, 2.24) is 5.10 Å². The minimum absolute atomic E-state index is 0. The van der Waals surface area contributed by atoms with Gasteiger partial charge in [0.1, 0.15) is 18.0 Å². The maximum atomic E-state index is 10.6. The zero-order valence-electron chi connectivity index (χ0n) is 12.6. The van der Waals surface area contributed by atoms with Crippen LogP contribution in [-0.2, 0) is 11.3 Å². The van der Waals surface area contributed by atoms with Gasteiger partial charge < -0.3 is 26.8 Å². The lowest BCUT2D eigenvalue weighted by Gasteiger charge is -2.05. The van der Waals surface area contributed by atoms with Gasteiger partial charge in [-0.15, -0.1) is 21.7 Å². The highest BCUT2D eigenvalue weighted by atomic mass is 79.9. The summed E-state index contributed by atoms with van der Waals surface area (Å²) < 4.78 is 6.75. The van der Waals surface area contributed by atoms with Crippen LogP contribution in [0.5, 0.6) is 5.75 Å². The number of nitrogen functional groups attached to an aromatic ring is 1. The number of aryl methyl sites for hydroxylation is 1. The molecule has 0 bridgehead atoms. The molecule has 0 aliphatic rings. The molecule has 0 saturated heterocycles. The Morgan fingerprint density at radius 1 is 1.26 bits per heavy atom. The quantitative estimate of drug-likeness (QED) is 0.557. The van der Waals surface area contributed by atoms with Crippen LogP contribution in [0.4, 0.5) is 5.82 Å². The number of carboxylic acids is 1. The molecule has 23 heavy (non-hydrogen) atoms. The van der Waals surface area contributed by atoms with E-state index in [9.17, 15) is 4.79 Å². The Morgan fingerprint density at radius 3 is 2.48 bits per heavy atom. The normalized spacial score (nSPS) is 9.43. The minimum Gasteiger partial charge on any atom is -1.00 e. The molecule has 1 heterocycles. The number of hydrogen-bond acceptors (Lipinski definition) is 4. The number of anilines is 1. The van der Waals surface area contributed by atoms with Crippen molar-refractivity contribution in [3.8, 4) is 17.0 Å². The molecule has 0 aliphatic heterocycles. The number of aromatic nitrogens is 2. The van der Waals surface area contributed by atoms with Gasteiger partial charge in [0.05, 0.1) is 7.11 Å². The molecule has 6 nitrogen and oxygen atoms in total. The second-order valence-electron chi connectivity index (χ2n) is 4.59. The third-order valence-electron chi connectivity index (χ3n) is 3.08. The number of nitrogens with two attached hydrogens (primary N) is 1. The molecule has 0 saturated carbocycles. The van der Waals surface area contributed by atoms with E-state index in [1.807, 2.05) is 30.3 Å². The maximum absolute atomic E-state index is 10.6. The minimum atomic E-state index is -0.819. The standard InChI is InChI=1S/C15H17N3O3.2BrH/c1-21-12-6-4-11(5-7-12)13-8-9-14(16)18(17-13)10-2-3-15(19)20;;/h4-9,16H,2-3,10H2,1H3,(H,19,20);2*1H. The topological polar surface area (TPSA) is 89.3 Å². The van der Waals surface area contributed by atoms with Crippen LogP contribution >= 0.6 is 17.0 Å². The Kier molecular flexibility index (Phi) is 9.43. The summed E-state index contributed by atoms with van der Waals surface area (Å²) in [5.41, 5.74) is 7.59. The number of carbonyl (C=O) groups is 1. The highest BCUT2D eigenvalue weighted by Gasteiger charge is 2.10. The molecule has 3 N–H and O–H groups in total. The predicted octanol–water partition coefficient (Wildman–Crippen LogP) is -0.926. The Labute approximate surface area is 155 Å². The van der Waals surface area contributed by atoms with E-state index in [1.54, 1.807) is 17.9 Å². The van der Waals surface area contributed by atoms with Gasteiger partial charge >= 0.3 is 5.97 Å². The van der Waals surface area contributed by atoms with Gasteiger partial charge in [-0.25, -0.2) is 0 Å². The SMILES string of the molecule is Br.COc1ccc(-c2ccc(N)[n+](CCCC(=O)O)n2)cc1.[Br-]. The first-order chi connectivity index (χ1) is 10.1. The monoisotopic (exact) mass is 447 g/mol. The van der Waals surface area contributed by atoms with Crippen molar-refractivity contribution in [2.45, 2.75) is 19.4 Å². The number of rotatable bonds is 6. The number of ether oxygens (including phenoxy) is 1. The highest BCUT2D eigenvalue weighted by molar-refractivity contribution is 8.93. The van der Waals surface area contributed by atoms with Crippen molar-refractivity contribution < 1.29 is 36.3 Å². The summed E-state index contributed by atoms with van der Waals surface area (Å²) in [6, 6.07) is 11.2. The third kappa shape index (κ3) is 6.15. The zero-order chi connectivity index (χ0) is 15.2. The second kappa shape index (κ2) is 10.2. The zero-order valence-corrected chi connectivity index (χ0v) is 15.9. The average molecular weight is 449 g/mol. The van der Waals surface area contributed by atoms with E-state index in [2.05, 4.69) is 5.10 Å². The van der Waals surface area contributed by atoms with Gasteiger partial charge in [0.15, 0.2) is 0 Å². The van der Waals surface area contributed by atoms with Crippen molar-refractivity contribution in [3.05, 3.63) is 36.4 Å². The van der Waals surface area contributed by atoms with Crippen molar-refractivity contribution in [2.75, 3.05) is 12.8 Å². The fourth-order valence-corrected chi connectivity index (χ4v) is 1.95. The Bertz CT molecular complexity index is 636. The average Bonchev–Trinajstić information content (AvgIpc) is 2.49. The van der Waals surface area contributed by atoms with Crippen LogP contribution in [0.2, 0.25) is 0 Å². The van der Waals surface area contributed by atoms with E-state index in [0.717, 1.165) is 17.0 Å². The predicted molar refractivity (Wildman–Crippen MR) is 88.0 cm³/mol. The number of carboxylic acid groups (broad SMARTS) is 1. The molecule has 0 fully saturated rings. The molecule has 2 aromatic rings. The fourth-order valence-electron chi connectivity index (χ4n) is 1.95. The number of halogens is 2. The molecular formula is C15H19Br2N3O3. The molecule has 0 radical (unpaired) electrons. The molecular weight excluding hydrogens is 430 g/mol. The molecule has 0 aliphatic carbocycles. The summed E-state index contributed by atoms with van der Waals surface area (Å²) in [6.45, 7) is 0.474. The van der Waals surface area contributed by atoms with Crippen LogP contribution in [0.3, 0.4) is 0 Å². The van der Waals surface area contributed by atoms with E-state index in [-0.39, 0.29) is 40.4 Å². The molecule has 1 aromatic carbocycles. The van der Waals surface area contributed by atoms with Crippen LogP contribution in [0.15, 0.2) is 36.4 Å². The Balaban J connectivity index is 0.00000242. The van der Waals surface area contributed by atoms with E-state index in [1.165, 1.54) is 0 Å². The number of benzene rings is 1. The van der Waals surface area contributed by atoms with Crippen LogP contribution in [0.1, 0.15) is 12.8 Å². The lowest BCUT2D eigenvalue weighted by Crippen LogP contribution is -3.00. The summed E-state index contributed by atoms with van der Waals surface area (Å²) >= 11 is 0. The van der Waals surface area contributed by atoms with Crippen LogP contribution in [0.25, 0.3) is 11.3 Å².